The Morgan fingerprint density at radius 1 is 0.889 bits per heavy atom. The molecule has 2 aliphatic rings. The Bertz CT molecular complexity index is 769. The fourth-order valence-corrected chi connectivity index (χ4v) is 5.29. The molecule has 7 nitrogen and oxygen atoms in total. The van der Waals surface area contributed by atoms with E-state index in [2.05, 4.69) is 10.6 Å². The number of benzene rings is 1. The fraction of sp³-hybridized carbons (Fsp3) is 0.579. The van der Waals surface area contributed by atoms with E-state index >= 15 is 0 Å². The van der Waals surface area contributed by atoms with Crippen molar-refractivity contribution in [2.45, 2.75) is 57.4 Å². The second kappa shape index (κ2) is 8.73. The summed E-state index contributed by atoms with van der Waals surface area (Å²) in [6.45, 7) is 0.470. The summed E-state index contributed by atoms with van der Waals surface area (Å²) >= 11 is 0. The molecule has 1 heterocycles. The van der Waals surface area contributed by atoms with Gasteiger partial charge < -0.3 is 10.6 Å². The van der Waals surface area contributed by atoms with E-state index in [1.807, 2.05) is 0 Å². The summed E-state index contributed by atoms with van der Waals surface area (Å²) in [5.41, 5.74) is 1.05. The molecule has 27 heavy (non-hydrogen) atoms. The maximum Gasteiger partial charge on any atom is 0.313 e. The van der Waals surface area contributed by atoms with Gasteiger partial charge in [0, 0.05) is 18.3 Å². The van der Waals surface area contributed by atoms with E-state index in [1.165, 1.54) is 17.1 Å². The zero-order valence-electron chi connectivity index (χ0n) is 15.4. The molecule has 0 atom stereocenters. The lowest BCUT2D eigenvalue weighted by Crippen LogP contribution is -2.41. The molecular formula is C19H27N3O4S. The molecule has 2 N–H and O–H groups in total. The van der Waals surface area contributed by atoms with Crippen LogP contribution in [0.3, 0.4) is 0 Å². The van der Waals surface area contributed by atoms with E-state index in [0.29, 0.717) is 24.3 Å². The first kappa shape index (κ1) is 19.7. The highest BCUT2D eigenvalue weighted by Crippen LogP contribution is 2.25. The predicted octanol–water partition coefficient (Wildman–Crippen LogP) is 2.39. The van der Waals surface area contributed by atoms with Gasteiger partial charge in [0.2, 0.25) is 10.0 Å². The van der Waals surface area contributed by atoms with Gasteiger partial charge in [0.1, 0.15) is 0 Å². The number of carbonyl (C=O) groups is 2. The van der Waals surface area contributed by atoms with Crippen LogP contribution in [-0.2, 0) is 19.6 Å². The molecule has 2 amide bonds. The topological polar surface area (TPSA) is 95.6 Å². The minimum Gasteiger partial charge on any atom is -0.345 e. The molecule has 0 spiro atoms. The Labute approximate surface area is 160 Å². The molecule has 0 aromatic heterocycles. The van der Waals surface area contributed by atoms with E-state index in [9.17, 15) is 18.0 Å². The van der Waals surface area contributed by atoms with Crippen molar-refractivity contribution in [3.05, 3.63) is 24.3 Å². The van der Waals surface area contributed by atoms with E-state index in [4.69, 9.17) is 0 Å². The number of hydrogen-bond acceptors (Lipinski definition) is 4. The molecule has 1 aliphatic carbocycles. The molecule has 2 fully saturated rings. The third-order valence-corrected chi connectivity index (χ3v) is 7.03. The number of amides is 2. The van der Waals surface area contributed by atoms with E-state index in [-0.39, 0.29) is 11.8 Å². The van der Waals surface area contributed by atoms with Crippen LogP contribution in [0.2, 0.25) is 0 Å². The van der Waals surface area contributed by atoms with Gasteiger partial charge in [-0.25, -0.2) is 8.42 Å². The molecular weight excluding hydrogens is 366 g/mol. The smallest absolute Gasteiger partial charge is 0.313 e. The second-order valence-corrected chi connectivity index (χ2v) is 9.27. The number of hydrogen-bond donors (Lipinski definition) is 2. The lowest BCUT2D eigenvalue weighted by atomic mass is 10.1. The van der Waals surface area contributed by atoms with Gasteiger partial charge in [0.05, 0.1) is 11.4 Å². The molecule has 0 radical (unpaired) electrons. The van der Waals surface area contributed by atoms with Crippen molar-refractivity contribution in [1.82, 2.24) is 5.32 Å². The van der Waals surface area contributed by atoms with Crippen LogP contribution in [0.15, 0.2) is 24.3 Å². The molecule has 1 aromatic carbocycles. The molecule has 1 aromatic rings. The van der Waals surface area contributed by atoms with Crippen LogP contribution < -0.4 is 14.9 Å². The highest BCUT2D eigenvalue weighted by molar-refractivity contribution is 7.92. The lowest BCUT2D eigenvalue weighted by molar-refractivity contribution is -0.136. The Kier molecular flexibility index (Phi) is 6.36. The van der Waals surface area contributed by atoms with Crippen LogP contribution in [0.4, 0.5) is 11.4 Å². The van der Waals surface area contributed by atoms with Crippen LogP contribution in [0.5, 0.6) is 0 Å². The fourth-order valence-electron chi connectivity index (χ4n) is 3.65. The summed E-state index contributed by atoms with van der Waals surface area (Å²) in [5, 5.41) is 5.39. The van der Waals surface area contributed by atoms with Gasteiger partial charge in [0.25, 0.3) is 0 Å². The molecule has 8 heteroatoms. The van der Waals surface area contributed by atoms with Gasteiger partial charge in [-0.1, -0.05) is 25.7 Å². The van der Waals surface area contributed by atoms with Crippen molar-refractivity contribution in [3.8, 4) is 0 Å². The number of carbonyl (C=O) groups excluding carboxylic acids is 2. The van der Waals surface area contributed by atoms with Crippen LogP contribution >= 0.6 is 0 Å². The molecule has 0 bridgehead atoms. The Hall–Kier alpha value is -2.09. The van der Waals surface area contributed by atoms with Gasteiger partial charge in [-0.3, -0.25) is 13.9 Å². The first-order valence-corrected chi connectivity index (χ1v) is 11.3. The predicted molar refractivity (Wildman–Crippen MR) is 105 cm³/mol. The summed E-state index contributed by atoms with van der Waals surface area (Å²) in [7, 11) is -3.26. The minimum atomic E-state index is -3.26. The monoisotopic (exact) mass is 393 g/mol. The standard InChI is InChI=1S/C19H27N3O4S/c23-18(20-15-7-3-1-2-4-8-15)19(24)21-16-9-11-17(12-10-16)22-13-5-6-14-27(22,25)26/h9-12,15H,1-8,13-14H2,(H,20,23)(H,21,24). The Morgan fingerprint density at radius 3 is 2.19 bits per heavy atom. The van der Waals surface area contributed by atoms with E-state index in [1.54, 1.807) is 24.3 Å². The zero-order chi connectivity index (χ0) is 19.3. The number of anilines is 2. The average molecular weight is 394 g/mol. The van der Waals surface area contributed by atoms with Crippen LogP contribution in [0.25, 0.3) is 0 Å². The normalized spacial score (nSPS) is 20.5. The van der Waals surface area contributed by atoms with Gasteiger partial charge >= 0.3 is 11.8 Å². The van der Waals surface area contributed by atoms with Gasteiger partial charge in [-0.2, -0.15) is 0 Å². The summed E-state index contributed by atoms with van der Waals surface area (Å²) in [6, 6.07) is 6.62. The first-order valence-electron chi connectivity index (χ1n) is 9.68. The quantitative estimate of drug-likeness (QED) is 0.609. The molecule has 0 unspecified atom stereocenters. The minimum absolute atomic E-state index is 0.0671. The van der Waals surface area contributed by atoms with Crippen molar-refractivity contribution in [2.24, 2.45) is 0 Å². The van der Waals surface area contributed by atoms with Crippen molar-refractivity contribution < 1.29 is 18.0 Å². The number of nitrogens with one attached hydrogen (secondary N) is 2. The van der Waals surface area contributed by atoms with Crippen molar-refractivity contribution in [3.63, 3.8) is 0 Å². The van der Waals surface area contributed by atoms with E-state index < -0.39 is 21.8 Å². The van der Waals surface area contributed by atoms with Gasteiger partial charge in [-0.15, -0.1) is 0 Å². The highest BCUT2D eigenvalue weighted by Gasteiger charge is 2.26. The number of rotatable bonds is 3. The molecule has 1 saturated carbocycles. The maximum atomic E-state index is 12.2. The summed E-state index contributed by atoms with van der Waals surface area (Å²) in [6.07, 6.45) is 7.86. The first-order chi connectivity index (χ1) is 13.0. The SMILES string of the molecule is O=C(Nc1ccc(N2CCCCS2(=O)=O)cc1)C(=O)NC1CCCCCC1. The lowest BCUT2D eigenvalue weighted by Gasteiger charge is -2.28. The highest BCUT2D eigenvalue weighted by atomic mass is 32.2. The van der Waals surface area contributed by atoms with Crippen molar-refractivity contribution in [2.75, 3.05) is 21.9 Å². The Morgan fingerprint density at radius 2 is 1.56 bits per heavy atom. The van der Waals surface area contributed by atoms with Gasteiger partial charge in [-0.05, 0) is 49.9 Å². The largest absolute Gasteiger partial charge is 0.345 e. The third-order valence-electron chi connectivity index (χ3n) is 5.16. The van der Waals surface area contributed by atoms with Gasteiger partial charge in [0.15, 0.2) is 0 Å². The van der Waals surface area contributed by atoms with Crippen molar-refractivity contribution >= 4 is 33.2 Å². The third kappa shape index (κ3) is 5.22. The van der Waals surface area contributed by atoms with E-state index in [0.717, 1.165) is 32.1 Å². The Balaban J connectivity index is 1.57. The molecule has 1 saturated heterocycles. The summed E-state index contributed by atoms with van der Waals surface area (Å²) < 4.78 is 25.7. The average Bonchev–Trinajstić information content (AvgIpc) is 2.91. The second-order valence-electron chi connectivity index (χ2n) is 7.26. The zero-order valence-corrected chi connectivity index (χ0v) is 16.3. The molecule has 148 valence electrons. The summed E-state index contributed by atoms with van der Waals surface area (Å²) in [5.74, 6) is -1.16. The van der Waals surface area contributed by atoms with Crippen LogP contribution in [0.1, 0.15) is 51.4 Å². The van der Waals surface area contributed by atoms with Crippen LogP contribution in [-0.4, -0.2) is 38.6 Å². The maximum absolute atomic E-state index is 12.2. The molecule has 3 rings (SSSR count). The number of sulfonamides is 1. The van der Waals surface area contributed by atoms with Crippen molar-refractivity contribution in [1.29, 1.82) is 0 Å². The summed E-state index contributed by atoms with van der Waals surface area (Å²) in [4.78, 5) is 24.2. The van der Waals surface area contributed by atoms with Crippen LogP contribution in [0, 0.1) is 0 Å². The number of nitrogens with zero attached hydrogens (tertiary/aromatic N) is 1. The molecule has 1 aliphatic heterocycles.